The molecule has 464 valence electrons. The van der Waals surface area contributed by atoms with E-state index in [9.17, 15) is 15.3 Å². The van der Waals surface area contributed by atoms with Gasteiger partial charge in [0.05, 0.1) is 101 Å². The van der Waals surface area contributed by atoms with Crippen LogP contribution < -0.4 is 18.9 Å². The minimum absolute atomic E-state index is 0. The Kier molecular flexibility index (Phi) is 73.9. The molecule has 82 heavy (non-hydrogen) atoms. The number of halogens is 3. The third-order valence-electron chi connectivity index (χ3n) is 13.3. The van der Waals surface area contributed by atoms with Crippen LogP contribution in [-0.2, 0) is 47.4 Å². The Morgan fingerprint density at radius 1 is 0.439 bits per heavy atom. The van der Waals surface area contributed by atoms with Gasteiger partial charge in [-0.1, -0.05) is 20.8 Å². The van der Waals surface area contributed by atoms with Crippen molar-refractivity contribution in [3.05, 3.63) is 12.3 Å². The van der Waals surface area contributed by atoms with Crippen LogP contribution >= 0.6 is 30.1 Å². The monoisotopic (exact) mass is 2550 g/mol. The van der Waals surface area contributed by atoms with Gasteiger partial charge in [-0.3, -0.25) is 0 Å². The first-order valence-electron chi connectivity index (χ1n) is 25.3. The van der Waals surface area contributed by atoms with Crippen molar-refractivity contribution in [2.45, 2.75) is 229 Å². The average molecular weight is 2550 g/mol. The third kappa shape index (κ3) is 39.6. The van der Waals surface area contributed by atoms with E-state index in [-0.39, 0.29) is 377 Å². The summed E-state index contributed by atoms with van der Waals surface area (Å²) in [5, 5.41) is 117. The van der Waals surface area contributed by atoms with E-state index in [1.807, 2.05) is 20.8 Å². The summed E-state index contributed by atoms with van der Waals surface area (Å²) in [6.45, 7) is 18.8. The number of aliphatic hydroxyl groups excluding tert-OH is 13. The zero-order valence-electron chi connectivity index (χ0n) is 49.3. The van der Waals surface area contributed by atoms with Gasteiger partial charge in [-0.15, -0.1) is 0 Å². The summed E-state index contributed by atoms with van der Waals surface area (Å²) in [4.78, 5) is 0. The van der Waals surface area contributed by atoms with Crippen LogP contribution in [0.1, 0.15) is 89.4 Å². The van der Waals surface area contributed by atoms with E-state index < -0.39 is 91.4 Å². The molecule has 0 amide bonds. The van der Waals surface area contributed by atoms with Gasteiger partial charge < -0.3 is 115 Å². The Morgan fingerprint density at radius 2 is 0.829 bits per heavy atom. The topological polar surface area (TPSA) is 355 Å². The maximum Gasteiger partial charge on any atom is 1.00 e. The molecule has 7 fully saturated rings. The number of ether oxygens (including phenoxy) is 10. The van der Waals surface area contributed by atoms with Crippen molar-refractivity contribution in [2.75, 3.05) is 39.6 Å². The Morgan fingerprint density at radius 3 is 1.30 bits per heavy atom. The van der Waals surface area contributed by atoms with Crippen molar-refractivity contribution in [2.24, 2.45) is 17.8 Å². The maximum absolute atomic E-state index is 9.71. The Balaban J connectivity index is -0.000000131. The van der Waals surface area contributed by atoms with Gasteiger partial charge in [0.1, 0.15) is 67.1 Å². The zero-order valence-corrected chi connectivity index (χ0v) is 80.2. The van der Waals surface area contributed by atoms with E-state index in [4.69, 9.17) is 124 Å². The van der Waals surface area contributed by atoms with Gasteiger partial charge in [0.25, 0.3) is 0 Å². The second-order valence-electron chi connectivity index (χ2n) is 20.0. The first kappa shape index (κ1) is 105. The van der Waals surface area contributed by atoms with Crippen molar-refractivity contribution >= 4 is 58.9 Å². The van der Waals surface area contributed by atoms with E-state index in [2.05, 4.69) is 39.4 Å². The fourth-order valence-electron chi connectivity index (χ4n) is 8.98. The van der Waals surface area contributed by atoms with Gasteiger partial charge in [-0.2, -0.15) is 0 Å². The summed E-state index contributed by atoms with van der Waals surface area (Å²) in [5.41, 5.74) is 0. The molecule has 13 N–H and O–H groups in total. The summed E-state index contributed by atoms with van der Waals surface area (Å²) >= 11 is -1.72. The van der Waals surface area contributed by atoms with Crippen LogP contribution in [0.5, 0.6) is 0 Å². The predicted octanol–water partition coefficient (Wildman–Crippen LogP) is -4.83. The molecule has 0 saturated carbocycles. The fourth-order valence-corrected chi connectivity index (χ4v) is 8.98. The molecule has 0 aromatic carbocycles. The van der Waals surface area contributed by atoms with Crippen LogP contribution in [-0.4, -0.2) is 276 Å². The number of aliphatic hydroxyl groups is 13. The van der Waals surface area contributed by atoms with Gasteiger partial charge in [-0.05, 0) is 78.2 Å². The number of rotatable bonds is 4. The van der Waals surface area contributed by atoms with Crippen LogP contribution in [0.15, 0.2) is 12.3 Å². The Bertz CT molecular complexity index is 1480. The standard InChI is InChI=1S/C10H18O3.C9H16O4.C9H18O2.C7H14O4.C6H12O6.C6H10O4.6Ac.2Al.3ClH.Li.4H/c1-6-4-7(2)13-10-9(6)12-8(3)5-11-10;1-5-3-7(10)8-9(13-5)11-4-6(2)12-8;1-6-4-7(2)11-9(5-10)8(6)3;1-4-2-5(9)7(10)6(3-8)11-4;7-1-2-3(8)4(9)5(10)6(11)12-2;7-3-5-6(9)4(8)1-2-10-5;;;;;;;;;;;;;;;;/h6-10H,4-5H2,1-3H3;5-10H,3-4H2,1-2H3;6-10H,4-5H2,1-3H3;4-10H,2-3H2,1H3;2-11H,1H2;1-2,4-9H,3H2;;;;;;;;;3*1H;;;;;/q;;;;;;;;;;;;;+3;;;;+1;;;;-1/p-3. The second-order valence-corrected chi connectivity index (χ2v) is 26.4. The summed E-state index contributed by atoms with van der Waals surface area (Å²) in [5.74, 6) is 1.71. The zero-order chi connectivity index (χ0) is 56.1. The normalized spacial score (nSPS) is 40.9. The molecule has 8 heterocycles. The molecule has 35 heteroatoms. The molecule has 7 saturated heterocycles. The van der Waals surface area contributed by atoms with E-state index in [1.165, 1.54) is 12.3 Å². The molecule has 8 aliphatic heterocycles. The summed E-state index contributed by atoms with van der Waals surface area (Å²) in [7, 11) is 14.8. The summed E-state index contributed by atoms with van der Waals surface area (Å²) in [6.07, 6.45) is -6.42. The molecule has 26 unspecified atom stereocenters. The van der Waals surface area contributed by atoms with Gasteiger partial charge >= 0.3 is 30.2 Å². The first-order valence-corrected chi connectivity index (χ1v) is 30.5. The van der Waals surface area contributed by atoms with E-state index in [0.29, 0.717) is 56.0 Å². The van der Waals surface area contributed by atoms with Crippen LogP contribution in [0.4, 0.5) is 0 Å². The molecule has 0 aromatic rings. The molecule has 0 spiro atoms. The van der Waals surface area contributed by atoms with Crippen molar-refractivity contribution in [3.63, 3.8) is 0 Å². The maximum atomic E-state index is 9.71. The SMILES string of the molecule is CC1CC(C)C(C)C(CO)O1.CC1CC(C)C2OC(C)COC2O1.CC1CC(O)C(O)C(CO)O1.CC1CC(O)C2OC(C)COC2O1.OCC1OC(O)C(O)C(O)C1O.OCC1OC=CC(O)C1O.[Ac].[Ac].[Ac].[Ac].[Ac].[Ac].[AlH3].[Cl][Al]([Cl])[Cl].[H-].[Li+]. The molecule has 0 aromatic heterocycles. The third-order valence-corrected chi connectivity index (χ3v) is 13.3. The molecule has 0 aliphatic carbocycles. The molecule has 8 aliphatic rings. The molecule has 0 bridgehead atoms. The molecular weight excluding hydrogens is 2460 g/mol. The second kappa shape index (κ2) is 57.6. The molecule has 26 atom stereocenters. The van der Waals surface area contributed by atoms with Gasteiger partial charge in [0.2, 0.25) is 0 Å². The molecule has 23 nitrogen and oxygen atoms in total. The van der Waals surface area contributed by atoms with Gasteiger partial charge in [0, 0.05) is 277 Å². The van der Waals surface area contributed by atoms with Crippen molar-refractivity contribution in [1.82, 2.24) is 0 Å². The summed E-state index contributed by atoms with van der Waals surface area (Å²) in [6, 6.07) is 0. The van der Waals surface area contributed by atoms with Crippen molar-refractivity contribution < 1.29 is 398 Å². The number of hydrogen-bond acceptors (Lipinski definition) is 23. The predicted molar refractivity (Wildman–Crippen MR) is 280 cm³/mol. The van der Waals surface area contributed by atoms with Crippen LogP contribution in [0.25, 0.3) is 0 Å². The summed E-state index contributed by atoms with van der Waals surface area (Å²) < 4.78 is 53.6. The fraction of sp³-hybridized carbons (Fsp3) is 0.957. The molecule has 6 radical (unpaired) electrons. The first-order chi connectivity index (χ1) is 34.7. The Hall–Kier alpha value is 9.84. The van der Waals surface area contributed by atoms with E-state index in [0.717, 1.165) is 12.8 Å². The van der Waals surface area contributed by atoms with Crippen molar-refractivity contribution in [1.29, 1.82) is 0 Å². The average Bonchev–Trinajstić information content (AvgIpc) is 3.34. The van der Waals surface area contributed by atoms with Crippen LogP contribution in [0.2, 0.25) is 0 Å². The van der Waals surface area contributed by atoms with E-state index in [1.54, 1.807) is 6.92 Å². The Labute approximate surface area is 741 Å². The minimum Gasteiger partial charge on any atom is -1.00 e. The quantitative estimate of drug-likeness (QED) is 0.117. The van der Waals surface area contributed by atoms with Crippen LogP contribution in [0.3, 0.4) is 0 Å². The molecule has 8 rings (SSSR count). The smallest absolute Gasteiger partial charge is 1.00 e. The van der Waals surface area contributed by atoms with Gasteiger partial charge in [-0.25, -0.2) is 30.1 Å². The molecular formula is C47H92Ac6Al2Cl3LiO23. The number of fused-ring (bicyclic) bond motifs is 2. The van der Waals surface area contributed by atoms with Gasteiger partial charge in [0.15, 0.2) is 36.2 Å². The largest absolute Gasteiger partial charge is 1.00 e. The van der Waals surface area contributed by atoms with E-state index >= 15 is 0 Å². The minimum atomic E-state index is -1.72. The van der Waals surface area contributed by atoms with Crippen molar-refractivity contribution in [3.8, 4) is 0 Å². The number of hydrogen-bond donors (Lipinski definition) is 13. The van der Waals surface area contributed by atoms with Crippen LogP contribution in [0, 0.1) is 282 Å².